The first kappa shape index (κ1) is 16.1. The van der Waals surface area contributed by atoms with Crippen LogP contribution in [0.2, 0.25) is 0 Å². The predicted molar refractivity (Wildman–Crippen MR) is 90.1 cm³/mol. The monoisotopic (exact) mass is 317 g/mol. The lowest BCUT2D eigenvalue weighted by Crippen LogP contribution is -2.42. The zero-order valence-corrected chi connectivity index (χ0v) is 13.7. The molecular formula is C18H27N3O2. The smallest absolute Gasteiger partial charge is 0.314 e. The van der Waals surface area contributed by atoms with Crippen molar-refractivity contribution in [2.24, 2.45) is 5.92 Å². The number of furan rings is 1. The van der Waals surface area contributed by atoms with Crippen molar-refractivity contribution in [3.8, 4) is 0 Å². The molecule has 2 unspecified atom stereocenters. The van der Waals surface area contributed by atoms with E-state index in [0.29, 0.717) is 12.5 Å². The molecular weight excluding hydrogens is 290 g/mol. The van der Waals surface area contributed by atoms with Gasteiger partial charge in [-0.25, -0.2) is 4.79 Å². The summed E-state index contributed by atoms with van der Waals surface area (Å²) in [7, 11) is 0. The largest absolute Gasteiger partial charge is 0.468 e. The zero-order chi connectivity index (χ0) is 15.9. The van der Waals surface area contributed by atoms with Crippen LogP contribution in [-0.2, 0) is 0 Å². The van der Waals surface area contributed by atoms with Crippen molar-refractivity contribution in [2.75, 3.05) is 26.2 Å². The molecule has 126 valence electrons. The molecule has 1 aliphatic heterocycles. The molecule has 2 aliphatic rings. The molecule has 2 N–H and O–H groups in total. The van der Waals surface area contributed by atoms with Gasteiger partial charge in [0, 0.05) is 13.1 Å². The second-order valence-corrected chi connectivity index (χ2v) is 6.52. The van der Waals surface area contributed by atoms with Crippen molar-refractivity contribution in [2.45, 2.75) is 38.1 Å². The molecule has 2 amide bonds. The second-order valence-electron chi connectivity index (χ2n) is 6.52. The maximum Gasteiger partial charge on any atom is 0.314 e. The Labute approximate surface area is 138 Å². The number of hydrogen-bond donors (Lipinski definition) is 2. The van der Waals surface area contributed by atoms with Crippen LogP contribution in [-0.4, -0.2) is 37.1 Å². The summed E-state index contributed by atoms with van der Waals surface area (Å²) < 4.78 is 5.57. The Morgan fingerprint density at radius 3 is 2.87 bits per heavy atom. The van der Waals surface area contributed by atoms with Gasteiger partial charge in [-0.1, -0.05) is 12.2 Å². The van der Waals surface area contributed by atoms with Gasteiger partial charge in [0.25, 0.3) is 0 Å². The van der Waals surface area contributed by atoms with Crippen LogP contribution in [0.1, 0.15) is 43.9 Å². The van der Waals surface area contributed by atoms with Crippen LogP contribution >= 0.6 is 0 Å². The third-order valence-electron chi connectivity index (χ3n) is 4.84. The summed E-state index contributed by atoms with van der Waals surface area (Å²) in [6.45, 7) is 3.49. The number of amides is 2. The highest BCUT2D eigenvalue weighted by molar-refractivity contribution is 5.73. The Morgan fingerprint density at radius 2 is 2.17 bits per heavy atom. The summed E-state index contributed by atoms with van der Waals surface area (Å²) >= 11 is 0. The minimum atomic E-state index is -0.0738. The first-order chi connectivity index (χ1) is 11.3. The molecule has 0 spiro atoms. The van der Waals surface area contributed by atoms with Crippen molar-refractivity contribution < 1.29 is 9.21 Å². The summed E-state index contributed by atoms with van der Waals surface area (Å²) in [4.78, 5) is 14.5. The number of likely N-dealkylation sites (tertiary alicyclic amines) is 1. The number of carbonyl (C=O) groups is 1. The van der Waals surface area contributed by atoms with E-state index in [1.54, 1.807) is 6.26 Å². The van der Waals surface area contributed by atoms with Gasteiger partial charge in [-0.05, 0) is 63.2 Å². The summed E-state index contributed by atoms with van der Waals surface area (Å²) in [5.74, 6) is 1.51. The van der Waals surface area contributed by atoms with Crippen LogP contribution in [0, 0.1) is 5.92 Å². The Hall–Kier alpha value is -1.75. The normalized spacial score (nSPS) is 22.9. The molecule has 2 heterocycles. The van der Waals surface area contributed by atoms with Gasteiger partial charge in [-0.2, -0.15) is 0 Å². The van der Waals surface area contributed by atoms with Crippen LogP contribution in [0.5, 0.6) is 0 Å². The van der Waals surface area contributed by atoms with Gasteiger partial charge in [0.2, 0.25) is 0 Å². The third kappa shape index (κ3) is 4.61. The highest BCUT2D eigenvalue weighted by Crippen LogP contribution is 2.24. The molecule has 1 fully saturated rings. The van der Waals surface area contributed by atoms with Crippen molar-refractivity contribution in [3.05, 3.63) is 36.3 Å². The Bertz CT molecular complexity index is 506. The summed E-state index contributed by atoms with van der Waals surface area (Å²) in [6.07, 6.45) is 12.0. The van der Waals surface area contributed by atoms with Crippen LogP contribution in [0.3, 0.4) is 0 Å². The van der Waals surface area contributed by atoms with Crippen LogP contribution in [0.15, 0.2) is 35.0 Å². The van der Waals surface area contributed by atoms with E-state index in [1.807, 2.05) is 12.1 Å². The number of nitrogens with one attached hydrogen (secondary N) is 2. The summed E-state index contributed by atoms with van der Waals surface area (Å²) in [5, 5.41) is 6.03. The number of hydrogen-bond acceptors (Lipinski definition) is 3. The minimum absolute atomic E-state index is 0.0738. The molecule has 3 rings (SSSR count). The fourth-order valence-corrected chi connectivity index (χ4v) is 3.47. The first-order valence-corrected chi connectivity index (χ1v) is 8.77. The topological polar surface area (TPSA) is 57.5 Å². The van der Waals surface area contributed by atoms with Crippen LogP contribution in [0.25, 0.3) is 0 Å². The van der Waals surface area contributed by atoms with E-state index in [4.69, 9.17) is 4.42 Å². The average Bonchev–Trinajstić information content (AvgIpc) is 3.28. The maximum atomic E-state index is 12.1. The van der Waals surface area contributed by atoms with E-state index < -0.39 is 0 Å². The highest BCUT2D eigenvalue weighted by atomic mass is 16.3. The second kappa shape index (κ2) is 8.20. The molecule has 1 saturated heterocycles. The van der Waals surface area contributed by atoms with E-state index in [-0.39, 0.29) is 12.1 Å². The van der Waals surface area contributed by atoms with E-state index in [9.17, 15) is 4.79 Å². The SMILES string of the molecule is O=C(NCC1CC=CCC1)NCC(c1ccco1)N1CCCC1. The highest BCUT2D eigenvalue weighted by Gasteiger charge is 2.25. The zero-order valence-electron chi connectivity index (χ0n) is 13.7. The van der Waals surface area contributed by atoms with Crippen molar-refractivity contribution in [3.63, 3.8) is 0 Å². The van der Waals surface area contributed by atoms with Crippen LogP contribution in [0.4, 0.5) is 4.79 Å². The molecule has 23 heavy (non-hydrogen) atoms. The molecule has 0 radical (unpaired) electrons. The predicted octanol–water partition coefficient (Wildman–Crippen LogP) is 3.07. The summed E-state index contributed by atoms with van der Waals surface area (Å²) in [5.41, 5.74) is 0. The van der Waals surface area contributed by atoms with Gasteiger partial charge in [0.15, 0.2) is 0 Å². The third-order valence-corrected chi connectivity index (χ3v) is 4.84. The quantitative estimate of drug-likeness (QED) is 0.793. The lowest BCUT2D eigenvalue weighted by molar-refractivity contribution is 0.202. The molecule has 5 heteroatoms. The lowest BCUT2D eigenvalue weighted by Gasteiger charge is -2.26. The first-order valence-electron chi connectivity index (χ1n) is 8.77. The van der Waals surface area contributed by atoms with Gasteiger partial charge in [0.1, 0.15) is 5.76 Å². The molecule has 1 aromatic rings. The molecule has 1 aliphatic carbocycles. The van der Waals surface area contributed by atoms with Gasteiger partial charge < -0.3 is 15.1 Å². The Kier molecular flexibility index (Phi) is 5.75. The average molecular weight is 317 g/mol. The fourth-order valence-electron chi connectivity index (χ4n) is 3.47. The lowest BCUT2D eigenvalue weighted by atomic mass is 9.94. The van der Waals surface area contributed by atoms with E-state index in [0.717, 1.165) is 38.2 Å². The van der Waals surface area contributed by atoms with Gasteiger partial charge >= 0.3 is 6.03 Å². The standard InChI is InChI=1S/C18H27N3O2/c22-18(19-13-15-7-2-1-3-8-15)20-14-16(17-9-6-12-23-17)21-10-4-5-11-21/h1-2,6,9,12,15-16H,3-5,7-8,10-11,13-14H2,(H2,19,20,22). The number of allylic oxidation sites excluding steroid dienone is 2. The molecule has 0 aromatic carbocycles. The van der Waals surface area contributed by atoms with E-state index >= 15 is 0 Å². The van der Waals surface area contributed by atoms with Crippen molar-refractivity contribution >= 4 is 6.03 Å². The van der Waals surface area contributed by atoms with E-state index in [2.05, 4.69) is 27.7 Å². The number of carbonyl (C=O) groups excluding carboxylic acids is 1. The van der Waals surface area contributed by atoms with Gasteiger partial charge in [-0.15, -0.1) is 0 Å². The van der Waals surface area contributed by atoms with Gasteiger partial charge in [-0.3, -0.25) is 4.90 Å². The molecule has 0 saturated carbocycles. The summed E-state index contributed by atoms with van der Waals surface area (Å²) in [6, 6.07) is 3.97. The number of rotatable bonds is 6. The number of urea groups is 1. The van der Waals surface area contributed by atoms with Crippen molar-refractivity contribution in [1.29, 1.82) is 0 Å². The molecule has 5 nitrogen and oxygen atoms in total. The minimum Gasteiger partial charge on any atom is -0.468 e. The Morgan fingerprint density at radius 1 is 1.30 bits per heavy atom. The van der Waals surface area contributed by atoms with Crippen molar-refractivity contribution in [1.82, 2.24) is 15.5 Å². The molecule has 0 bridgehead atoms. The van der Waals surface area contributed by atoms with Crippen LogP contribution < -0.4 is 10.6 Å². The number of nitrogens with zero attached hydrogens (tertiary/aromatic N) is 1. The molecule has 2 atom stereocenters. The molecule has 1 aromatic heterocycles. The maximum absolute atomic E-state index is 12.1. The van der Waals surface area contributed by atoms with E-state index in [1.165, 1.54) is 19.3 Å². The van der Waals surface area contributed by atoms with Gasteiger partial charge in [0.05, 0.1) is 12.3 Å². The Balaban J connectivity index is 1.46. The fraction of sp³-hybridized carbons (Fsp3) is 0.611.